The Morgan fingerprint density at radius 3 is 2.62 bits per heavy atom. The summed E-state index contributed by atoms with van der Waals surface area (Å²) in [5.74, 6) is -0.894. The molecule has 2 heterocycles. The first-order chi connectivity index (χ1) is 20.1. The van der Waals surface area contributed by atoms with E-state index in [-0.39, 0.29) is 17.6 Å². The number of thiophene rings is 1. The molecule has 222 valence electrons. The standard InChI is InChI=1S/C30H30ClF3N4O3S/c31-24-9-8-18(15-23(24)30(32,33)34)16-35-37-28(41)26-22-6-1-2-7-25(22)42-29(26)36-27(40)20-5-3-4-19(14-20)17-38-12-10-21(39)11-13-38/h3-5,8-9,14-16,21,39H,1-2,6-7,10-13,17H2,(H,36,40)(H,37,41)/b35-16+. The molecular formula is C30H30ClF3N4O3S. The smallest absolute Gasteiger partial charge is 0.393 e. The number of hydrogen-bond donors (Lipinski definition) is 3. The Morgan fingerprint density at radius 2 is 1.86 bits per heavy atom. The lowest BCUT2D eigenvalue weighted by molar-refractivity contribution is -0.137. The number of hydrogen-bond acceptors (Lipinski definition) is 6. The number of amides is 2. The van der Waals surface area contributed by atoms with Crippen LogP contribution in [0.5, 0.6) is 0 Å². The maximum Gasteiger partial charge on any atom is 0.417 e. The molecule has 0 radical (unpaired) electrons. The Morgan fingerprint density at radius 1 is 1.10 bits per heavy atom. The molecule has 1 aromatic heterocycles. The van der Waals surface area contributed by atoms with Crippen LogP contribution >= 0.6 is 22.9 Å². The van der Waals surface area contributed by atoms with Gasteiger partial charge >= 0.3 is 6.18 Å². The van der Waals surface area contributed by atoms with Crippen molar-refractivity contribution in [1.29, 1.82) is 0 Å². The molecule has 0 saturated carbocycles. The fraction of sp³-hybridized carbons (Fsp3) is 0.367. The summed E-state index contributed by atoms with van der Waals surface area (Å²) in [7, 11) is 0. The van der Waals surface area contributed by atoms with Gasteiger partial charge in [0.2, 0.25) is 0 Å². The number of carbonyl (C=O) groups excluding carboxylic acids is 2. The van der Waals surface area contributed by atoms with Gasteiger partial charge in [-0.2, -0.15) is 18.3 Å². The van der Waals surface area contributed by atoms with Gasteiger partial charge in [0.25, 0.3) is 11.8 Å². The number of aryl methyl sites for hydroxylation is 1. The number of hydrazone groups is 1. The van der Waals surface area contributed by atoms with Crippen molar-refractivity contribution < 1.29 is 27.9 Å². The molecule has 2 amide bonds. The third kappa shape index (κ3) is 7.20. The van der Waals surface area contributed by atoms with Crippen molar-refractivity contribution in [1.82, 2.24) is 10.3 Å². The van der Waals surface area contributed by atoms with E-state index >= 15 is 0 Å². The second kappa shape index (κ2) is 12.9. The third-order valence-electron chi connectivity index (χ3n) is 7.45. The molecule has 0 bridgehead atoms. The molecule has 1 aliphatic heterocycles. The minimum absolute atomic E-state index is 0.119. The van der Waals surface area contributed by atoms with Crippen LogP contribution in [-0.2, 0) is 25.6 Å². The first-order valence-corrected chi connectivity index (χ1v) is 14.9. The lowest BCUT2D eigenvalue weighted by Crippen LogP contribution is -2.35. The zero-order valence-electron chi connectivity index (χ0n) is 22.6. The van der Waals surface area contributed by atoms with E-state index in [9.17, 15) is 27.9 Å². The Hall–Kier alpha value is -3.25. The number of halogens is 4. The molecule has 2 aliphatic rings. The largest absolute Gasteiger partial charge is 0.417 e. The zero-order chi connectivity index (χ0) is 29.9. The fourth-order valence-corrected chi connectivity index (χ4v) is 6.78. The molecule has 42 heavy (non-hydrogen) atoms. The Bertz CT molecular complexity index is 1500. The van der Waals surface area contributed by atoms with Crippen LogP contribution in [0.3, 0.4) is 0 Å². The molecular weight excluding hydrogens is 589 g/mol. The summed E-state index contributed by atoms with van der Waals surface area (Å²) in [6.45, 7) is 2.26. The fourth-order valence-electron chi connectivity index (χ4n) is 5.28. The lowest BCUT2D eigenvalue weighted by atomic mass is 9.95. The van der Waals surface area contributed by atoms with E-state index < -0.39 is 22.7 Å². The maximum atomic E-state index is 13.3. The van der Waals surface area contributed by atoms with Gasteiger partial charge < -0.3 is 10.4 Å². The number of likely N-dealkylation sites (tertiary alicyclic amines) is 1. The number of nitrogens with zero attached hydrogens (tertiary/aromatic N) is 2. The van der Waals surface area contributed by atoms with Crippen molar-refractivity contribution in [3.8, 4) is 0 Å². The number of rotatable bonds is 7. The summed E-state index contributed by atoms with van der Waals surface area (Å²) in [6, 6.07) is 10.7. The van der Waals surface area contributed by atoms with E-state index in [2.05, 4.69) is 20.7 Å². The van der Waals surface area contributed by atoms with E-state index in [0.717, 1.165) is 79.5 Å². The molecule has 1 saturated heterocycles. The number of benzene rings is 2. The minimum atomic E-state index is -4.62. The second-order valence-electron chi connectivity index (χ2n) is 10.5. The predicted molar refractivity (Wildman–Crippen MR) is 157 cm³/mol. The summed E-state index contributed by atoms with van der Waals surface area (Å²) in [4.78, 5) is 29.9. The summed E-state index contributed by atoms with van der Waals surface area (Å²) in [5.41, 5.74) is 4.18. The van der Waals surface area contributed by atoms with E-state index in [0.29, 0.717) is 29.1 Å². The van der Waals surface area contributed by atoms with Crippen LogP contribution in [-0.4, -0.2) is 47.2 Å². The highest BCUT2D eigenvalue weighted by atomic mass is 35.5. The highest BCUT2D eigenvalue weighted by molar-refractivity contribution is 7.17. The number of aliphatic hydroxyl groups excluding tert-OH is 1. The van der Waals surface area contributed by atoms with Crippen molar-refractivity contribution in [2.45, 2.75) is 57.3 Å². The first kappa shape index (κ1) is 30.2. The Kier molecular flexibility index (Phi) is 9.32. The van der Waals surface area contributed by atoms with Crippen molar-refractivity contribution in [2.75, 3.05) is 18.4 Å². The average Bonchev–Trinajstić information content (AvgIpc) is 3.32. The summed E-state index contributed by atoms with van der Waals surface area (Å²) in [6.07, 6.45) is 1.06. The molecule has 3 N–H and O–H groups in total. The predicted octanol–water partition coefficient (Wildman–Crippen LogP) is 6.27. The van der Waals surface area contributed by atoms with Gasteiger partial charge in [0.15, 0.2) is 0 Å². The second-order valence-corrected chi connectivity index (χ2v) is 12.0. The van der Waals surface area contributed by atoms with Gasteiger partial charge in [0, 0.05) is 30.1 Å². The first-order valence-electron chi connectivity index (χ1n) is 13.7. The van der Waals surface area contributed by atoms with Gasteiger partial charge in [-0.05, 0) is 79.5 Å². The van der Waals surface area contributed by atoms with E-state index in [1.165, 1.54) is 17.4 Å². The normalized spacial score (nSPS) is 16.4. The monoisotopic (exact) mass is 618 g/mol. The third-order valence-corrected chi connectivity index (χ3v) is 8.99. The summed E-state index contributed by atoms with van der Waals surface area (Å²) < 4.78 is 39.6. The SMILES string of the molecule is O=C(Nc1sc2c(c1C(=O)N/N=C/c1ccc(Cl)c(C(F)(F)F)c1)CCCC2)c1cccc(CN2CCC(O)CC2)c1. The van der Waals surface area contributed by atoms with E-state index in [4.69, 9.17) is 11.6 Å². The lowest BCUT2D eigenvalue weighted by Gasteiger charge is -2.29. The average molecular weight is 619 g/mol. The number of fused-ring (bicyclic) bond motifs is 1. The number of nitrogens with one attached hydrogen (secondary N) is 2. The number of carbonyl (C=O) groups is 2. The molecule has 12 heteroatoms. The van der Waals surface area contributed by atoms with Gasteiger partial charge in [-0.3, -0.25) is 14.5 Å². The van der Waals surface area contributed by atoms with E-state index in [1.54, 1.807) is 6.07 Å². The van der Waals surface area contributed by atoms with Crippen LogP contribution in [0, 0.1) is 0 Å². The quantitative estimate of drug-likeness (QED) is 0.215. The van der Waals surface area contributed by atoms with E-state index in [1.807, 2.05) is 18.2 Å². The molecule has 3 aromatic rings. The maximum absolute atomic E-state index is 13.3. The van der Waals surface area contributed by atoms with Crippen LogP contribution in [0.1, 0.15) is 73.5 Å². The number of alkyl halides is 3. The van der Waals surface area contributed by atoms with Gasteiger partial charge in [0.05, 0.1) is 28.5 Å². The highest BCUT2D eigenvalue weighted by Crippen LogP contribution is 2.38. The summed E-state index contributed by atoms with van der Waals surface area (Å²) in [5, 5.41) is 16.6. The van der Waals surface area contributed by atoms with Crippen LogP contribution in [0.4, 0.5) is 18.2 Å². The van der Waals surface area contributed by atoms with Crippen molar-refractivity contribution in [3.63, 3.8) is 0 Å². The van der Waals surface area contributed by atoms with Crippen molar-refractivity contribution in [2.24, 2.45) is 5.10 Å². The van der Waals surface area contributed by atoms with Gasteiger partial charge in [-0.25, -0.2) is 5.43 Å². The molecule has 0 atom stereocenters. The van der Waals surface area contributed by atoms with Crippen LogP contribution < -0.4 is 10.7 Å². The molecule has 1 aliphatic carbocycles. The Balaban J connectivity index is 1.31. The molecule has 0 unspecified atom stereocenters. The molecule has 0 spiro atoms. The van der Waals surface area contributed by atoms with Crippen LogP contribution in [0.25, 0.3) is 0 Å². The van der Waals surface area contributed by atoms with Gasteiger partial charge in [-0.15, -0.1) is 11.3 Å². The number of aliphatic hydroxyl groups is 1. The van der Waals surface area contributed by atoms with Crippen molar-refractivity contribution >= 4 is 46.0 Å². The number of piperidine rings is 1. The molecule has 1 fully saturated rings. The van der Waals surface area contributed by atoms with Crippen LogP contribution in [0.15, 0.2) is 47.6 Å². The zero-order valence-corrected chi connectivity index (χ0v) is 24.2. The number of anilines is 1. The molecule has 2 aromatic carbocycles. The minimum Gasteiger partial charge on any atom is -0.393 e. The highest BCUT2D eigenvalue weighted by Gasteiger charge is 2.33. The summed E-state index contributed by atoms with van der Waals surface area (Å²) >= 11 is 7.05. The topological polar surface area (TPSA) is 94.0 Å². The van der Waals surface area contributed by atoms with Crippen LogP contribution in [0.2, 0.25) is 5.02 Å². The molecule has 7 nitrogen and oxygen atoms in total. The molecule has 5 rings (SSSR count). The van der Waals surface area contributed by atoms with Gasteiger partial charge in [0.1, 0.15) is 5.00 Å². The van der Waals surface area contributed by atoms with Gasteiger partial charge in [-0.1, -0.05) is 29.8 Å². The Labute approximate surface area is 250 Å². The van der Waals surface area contributed by atoms with Crippen molar-refractivity contribution in [3.05, 3.63) is 85.7 Å².